The van der Waals surface area contributed by atoms with Crippen LogP contribution in [-0.2, 0) is 5.54 Å². The van der Waals surface area contributed by atoms with Crippen LogP contribution >= 0.6 is 34.2 Å². The molecule has 2 rings (SSSR count). The van der Waals surface area contributed by atoms with Crippen molar-refractivity contribution in [3.05, 3.63) is 27.6 Å². The number of aromatic nitrogens is 2. The highest BCUT2D eigenvalue weighted by Crippen LogP contribution is 2.38. The van der Waals surface area contributed by atoms with E-state index in [1.807, 2.05) is 6.92 Å². The van der Waals surface area contributed by atoms with Crippen LogP contribution < -0.4 is 0 Å². The van der Waals surface area contributed by atoms with Crippen LogP contribution in [-0.4, -0.2) is 9.55 Å². The molecule has 1 aromatic heterocycles. The molecule has 0 N–H and O–H groups in total. The zero-order valence-corrected chi connectivity index (χ0v) is 16.6. The molecule has 21 heavy (non-hydrogen) atoms. The monoisotopic (exact) mass is 418 g/mol. The lowest BCUT2D eigenvalue weighted by molar-refractivity contribution is 0.215. The Morgan fingerprint density at radius 1 is 1.24 bits per heavy atom. The number of hydrogen-bond acceptors (Lipinski definition) is 1. The van der Waals surface area contributed by atoms with Crippen LogP contribution in [0.4, 0.5) is 0 Å². The van der Waals surface area contributed by atoms with Gasteiger partial charge in [0.1, 0.15) is 5.82 Å². The summed E-state index contributed by atoms with van der Waals surface area (Å²) in [6.07, 6.45) is 1.06. The van der Waals surface area contributed by atoms with Gasteiger partial charge in [-0.25, -0.2) is 4.98 Å². The van der Waals surface area contributed by atoms with Gasteiger partial charge < -0.3 is 4.57 Å². The molecule has 0 saturated carbocycles. The van der Waals surface area contributed by atoms with Gasteiger partial charge in [-0.05, 0) is 73.4 Å². The Kier molecular flexibility index (Phi) is 4.66. The topological polar surface area (TPSA) is 17.8 Å². The van der Waals surface area contributed by atoms with E-state index in [1.54, 1.807) is 0 Å². The van der Waals surface area contributed by atoms with E-state index in [0.29, 0.717) is 0 Å². The maximum atomic E-state index is 6.41. The van der Waals surface area contributed by atoms with Gasteiger partial charge in [0.25, 0.3) is 0 Å². The molecule has 1 atom stereocenters. The number of benzene rings is 1. The van der Waals surface area contributed by atoms with Crippen LogP contribution in [0.25, 0.3) is 11.0 Å². The van der Waals surface area contributed by atoms with E-state index < -0.39 is 0 Å². The number of nitrogens with zero attached hydrogens (tertiary/aromatic N) is 2. The number of rotatable bonds is 3. The standard InChI is InChI=1S/C17H24ClIN2/c1-11(18)15-20-13-9-12(19)7-8-14(13)21(15)17(5,6)10-16(2,3)4/h7-9,11H,10H2,1-6H3. The van der Waals surface area contributed by atoms with Crippen molar-refractivity contribution >= 4 is 45.2 Å². The first-order valence-electron chi connectivity index (χ1n) is 7.34. The highest BCUT2D eigenvalue weighted by atomic mass is 127. The molecule has 2 nitrogen and oxygen atoms in total. The molecule has 0 radical (unpaired) electrons. The second-order valence-corrected chi connectivity index (χ2v) is 9.50. The number of hydrogen-bond donors (Lipinski definition) is 0. The number of alkyl halides is 1. The first-order chi connectivity index (χ1) is 9.51. The van der Waals surface area contributed by atoms with Crippen LogP contribution in [0.5, 0.6) is 0 Å². The highest BCUT2D eigenvalue weighted by molar-refractivity contribution is 14.1. The molecular formula is C17H24ClIN2. The van der Waals surface area contributed by atoms with Crippen LogP contribution in [0.15, 0.2) is 18.2 Å². The molecule has 0 amide bonds. The summed E-state index contributed by atoms with van der Waals surface area (Å²) in [6, 6.07) is 6.43. The summed E-state index contributed by atoms with van der Waals surface area (Å²) in [5.74, 6) is 0.961. The molecule has 116 valence electrons. The fourth-order valence-electron chi connectivity index (χ4n) is 3.35. The van der Waals surface area contributed by atoms with E-state index in [0.717, 1.165) is 17.8 Å². The molecule has 0 aliphatic carbocycles. The van der Waals surface area contributed by atoms with Gasteiger partial charge in [0.15, 0.2) is 0 Å². The predicted molar refractivity (Wildman–Crippen MR) is 100 cm³/mol. The fourth-order valence-corrected chi connectivity index (χ4v) is 3.97. The Morgan fingerprint density at radius 3 is 2.38 bits per heavy atom. The third-order valence-corrected chi connectivity index (χ3v) is 4.43. The van der Waals surface area contributed by atoms with E-state index in [-0.39, 0.29) is 16.3 Å². The van der Waals surface area contributed by atoms with E-state index in [2.05, 4.69) is 80.0 Å². The number of imidazole rings is 1. The van der Waals surface area contributed by atoms with Gasteiger partial charge >= 0.3 is 0 Å². The van der Waals surface area contributed by atoms with E-state index in [1.165, 1.54) is 9.09 Å². The lowest BCUT2D eigenvalue weighted by atomic mass is 9.81. The molecule has 0 bridgehead atoms. The predicted octanol–water partition coefficient (Wildman–Crippen LogP) is 6.11. The summed E-state index contributed by atoms with van der Waals surface area (Å²) in [6.45, 7) is 13.4. The smallest absolute Gasteiger partial charge is 0.128 e. The van der Waals surface area contributed by atoms with Crippen molar-refractivity contribution in [2.24, 2.45) is 5.41 Å². The molecular weight excluding hydrogens is 395 g/mol. The van der Waals surface area contributed by atoms with Gasteiger partial charge in [-0.3, -0.25) is 0 Å². The van der Waals surface area contributed by atoms with E-state index in [9.17, 15) is 0 Å². The molecule has 2 aromatic rings. The largest absolute Gasteiger partial charge is 0.321 e. The SMILES string of the molecule is CC(Cl)c1nc2cc(I)ccc2n1C(C)(C)CC(C)(C)C. The van der Waals surface area contributed by atoms with Gasteiger partial charge in [0, 0.05) is 9.11 Å². The van der Waals surface area contributed by atoms with Crippen LogP contribution in [0.3, 0.4) is 0 Å². The first-order valence-corrected chi connectivity index (χ1v) is 8.85. The minimum Gasteiger partial charge on any atom is -0.321 e. The number of fused-ring (bicyclic) bond motifs is 1. The molecule has 0 spiro atoms. The van der Waals surface area contributed by atoms with Gasteiger partial charge in [-0.1, -0.05) is 20.8 Å². The molecule has 0 fully saturated rings. The van der Waals surface area contributed by atoms with Crippen LogP contribution in [0.1, 0.15) is 59.2 Å². The van der Waals surface area contributed by atoms with Crippen molar-refractivity contribution in [3.8, 4) is 0 Å². The van der Waals surface area contributed by atoms with Crippen molar-refractivity contribution in [2.75, 3.05) is 0 Å². The van der Waals surface area contributed by atoms with Crippen LogP contribution in [0.2, 0.25) is 0 Å². The Labute approximate surface area is 146 Å². The van der Waals surface area contributed by atoms with Crippen LogP contribution in [0, 0.1) is 8.99 Å². The van der Waals surface area contributed by atoms with Gasteiger partial charge in [0.05, 0.1) is 16.4 Å². The maximum absolute atomic E-state index is 6.41. The van der Waals surface area contributed by atoms with E-state index in [4.69, 9.17) is 16.6 Å². The third kappa shape index (κ3) is 3.73. The summed E-state index contributed by atoms with van der Waals surface area (Å²) in [4.78, 5) is 4.80. The van der Waals surface area contributed by atoms with Crippen molar-refractivity contribution in [3.63, 3.8) is 0 Å². The third-order valence-electron chi connectivity index (χ3n) is 3.57. The summed E-state index contributed by atoms with van der Waals surface area (Å²) in [7, 11) is 0. The second kappa shape index (κ2) is 5.73. The minimum atomic E-state index is -0.102. The van der Waals surface area contributed by atoms with Crippen molar-refractivity contribution in [1.29, 1.82) is 0 Å². The summed E-state index contributed by atoms with van der Waals surface area (Å²) >= 11 is 8.74. The van der Waals surface area contributed by atoms with Crippen molar-refractivity contribution in [1.82, 2.24) is 9.55 Å². The molecule has 0 aliphatic rings. The average Bonchev–Trinajstić information content (AvgIpc) is 2.64. The average molecular weight is 419 g/mol. The zero-order valence-electron chi connectivity index (χ0n) is 13.7. The minimum absolute atomic E-state index is 0.0295. The van der Waals surface area contributed by atoms with Gasteiger partial charge in [-0.15, -0.1) is 11.6 Å². The second-order valence-electron chi connectivity index (χ2n) is 7.60. The quantitative estimate of drug-likeness (QED) is 0.434. The lowest BCUT2D eigenvalue weighted by Crippen LogP contribution is -2.33. The van der Waals surface area contributed by atoms with E-state index >= 15 is 0 Å². The summed E-state index contributed by atoms with van der Waals surface area (Å²) in [5.41, 5.74) is 2.42. The van der Waals surface area contributed by atoms with Gasteiger partial charge in [-0.2, -0.15) is 0 Å². The Morgan fingerprint density at radius 2 is 1.86 bits per heavy atom. The molecule has 1 unspecified atom stereocenters. The zero-order chi connectivity index (χ0) is 16.0. The highest BCUT2D eigenvalue weighted by Gasteiger charge is 2.31. The first kappa shape index (κ1) is 17.1. The summed E-state index contributed by atoms with van der Waals surface area (Å²) in [5, 5.41) is -0.102. The number of halogens is 2. The molecule has 1 aromatic carbocycles. The molecule has 0 aliphatic heterocycles. The Hall–Kier alpha value is -0.290. The van der Waals surface area contributed by atoms with Crippen molar-refractivity contribution in [2.45, 2.75) is 58.9 Å². The molecule has 4 heteroatoms. The summed E-state index contributed by atoms with van der Waals surface area (Å²) < 4.78 is 3.54. The normalized spacial score (nSPS) is 14.7. The van der Waals surface area contributed by atoms with Crippen molar-refractivity contribution < 1.29 is 0 Å². The Balaban J connectivity index is 2.68. The van der Waals surface area contributed by atoms with Gasteiger partial charge in [0.2, 0.25) is 0 Å². The maximum Gasteiger partial charge on any atom is 0.128 e. The molecule has 0 saturated heterocycles. The molecule has 1 heterocycles. The Bertz CT molecular complexity index is 651. The fraction of sp³-hybridized carbons (Fsp3) is 0.588. The lowest BCUT2D eigenvalue weighted by Gasteiger charge is -2.36.